The molecule has 0 saturated heterocycles. The molecule has 0 aliphatic heterocycles. The van der Waals surface area contributed by atoms with Crippen LogP contribution in [0.1, 0.15) is 48.8 Å². The Bertz CT molecular complexity index is 891. The lowest BCUT2D eigenvalue weighted by molar-refractivity contribution is 0.0925. The van der Waals surface area contributed by atoms with E-state index in [1.54, 1.807) is 0 Å². The maximum atomic E-state index is 13.4. The molecule has 6 nitrogen and oxygen atoms in total. The van der Waals surface area contributed by atoms with Crippen LogP contribution in [0.15, 0.2) is 18.2 Å². The van der Waals surface area contributed by atoms with Crippen molar-refractivity contribution in [2.45, 2.75) is 51.1 Å². The summed E-state index contributed by atoms with van der Waals surface area (Å²) >= 11 is 0. The van der Waals surface area contributed by atoms with Gasteiger partial charge >= 0.3 is 0 Å². The standard InChI is InChI=1S/C21H26F3N5O/c1-4-17-27-18(11-19(28-17)29(2)3)25-13-5-7-14(8-6-13)26-21(30)12-9-15(22)20(24)16(23)10-12/h9-11,13-14H,4-8H2,1-3H3,(H,26,30)(H,25,27,28)/t13-,14+. The summed E-state index contributed by atoms with van der Waals surface area (Å²) in [6.45, 7) is 2.01. The number of hydrogen-bond donors (Lipinski definition) is 2. The SMILES string of the molecule is CCc1nc(N[C@H]2CC[C@@H](NC(=O)c3cc(F)c(F)c(F)c3)CC2)cc(N(C)C)n1. The fourth-order valence-electron chi connectivity index (χ4n) is 3.49. The summed E-state index contributed by atoms with van der Waals surface area (Å²) in [7, 11) is 3.86. The first-order valence-electron chi connectivity index (χ1n) is 10.0. The molecule has 1 fully saturated rings. The van der Waals surface area contributed by atoms with Crippen molar-refractivity contribution < 1.29 is 18.0 Å². The minimum atomic E-state index is -1.58. The van der Waals surface area contributed by atoms with E-state index in [0.717, 1.165) is 36.7 Å². The predicted molar refractivity (Wildman–Crippen MR) is 109 cm³/mol. The highest BCUT2D eigenvalue weighted by Crippen LogP contribution is 2.24. The number of halogens is 3. The Balaban J connectivity index is 1.56. The Kier molecular flexibility index (Phi) is 6.79. The molecule has 162 valence electrons. The van der Waals surface area contributed by atoms with Crippen LogP contribution in [0.25, 0.3) is 0 Å². The minimum absolute atomic E-state index is 0.110. The number of nitrogens with zero attached hydrogens (tertiary/aromatic N) is 3. The van der Waals surface area contributed by atoms with E-state index in [-0.39, 0.29) is 17.6 Å². The second-order valence-electron chi connectivity index (χ2n) is 7.70. The highest BCUT2D eigenvalue weighted by molar-refractivity contribution is 5.94. The van der Waals surface area contributed by atoms with Gasteiger partial charge in [-0.1, -0.05) is 6.92 Å². The van der Waals surface area contributed by atoms with Gasteiger partial charge in [-0.25, -0.2) is 23.1 Å². The molecule has 2 aromatic rings. The third-order valence-electron chi connectivity index (χ3n) is 5.19. The molecule has 30 heavy (non-hydrogen) atoms. The number of nitrogens with one attached hydrogen (secondary N) is 2. The Labute approximate surface area is 173 Å². The number of carbonyl (C=O) groups excluding carboxylic acids is 1. The quantitative estimate of drug-likeness (QED) is 0.697. The van der Waals surface area contributed by atoms with Gasteiger partial charge in [0.05, 0.1) is 0 Å². The molecular weight excluding hydrogens is 395 g/mol. The zero-order chi connectivity index (χ0) is 21.8. The van der Waals surface area contributed by atoms with Crippen LogP contribution in [-0.2, 0) is 6.42 Å². The number of benzene rings is 1. The van der Waals surface area contributed by atoms with Crippen LogP contribution in [0.3, 0.4) is 0 Å². The lowest BCUT2D eigenvalue weighted by Crippen LogP contribution is -2.40. The van der Waals surface area contributed by atoms with Crippen molar-refractivity contribution >= 4 is 17.5 Å². The first-order valence-corrected chi connectivity index (χ1v) is 10.0. The predicted octanol–water partition coefficient (Wildman–Crippen LogP) is 3.68. The smallest absolute Gasteiger partial charge is 0.251 e. The number of rotatable bonds is 6. The van der Waals surface area contributed by atoms with Crippen molar-refractivity contribution in [1.82, 2.24) is 15.3 Å². The Morgan fingerprint density at radius 1 is 1.03 bits per heavy atom. The van der Waals surface area contributed by atoms with Crippen LogP contribution >= 0.6 is 0 Å². The number of amides is 1. The molecule has 1 heterocycles. The number of carbonyl (C=O) groups is 1. The van der Waals surface area contributed by atoms with Gasteiger partial charge in [-0.05, 0) is 37.8 Å². The average molecular weight is 421 g/mol. The van der Waals surface area contributed by atoms with Gasteiger partial charge in [0, 0.05) is 44.2 Å². The van der Waals surface area contributed by atoms with E-state index in [0.29, 0.717) is 25.0 Å². The van der Waals surface area contributed by atoms with Gasteiger partial charge < -0.3 is 15.5 Å². The summed E-state index contributed by atoms with van der Waals surface area (Å²) in [4.78, 5) is 23.2. The average Bonchev–Trinajstić information content (AvgIpc) is 2.72. The van der Waals surface area contributed by atoms with Crippen LogP contribution in [0, 0.1) is 17.5 Å². The fraction of sp³-hybridized carbons (Fsp3) is 0.476. The number of anilines is 2. The first kappa shape index (κ1) is 21.9. The number of hydrogen-bond acceptors (Lipinski definition) is 5. The zero-order valence-electron chi connectivity index (χ0n) is 17.3. The molecule has 1 aromatic heterocycles. The first-order chi connectivity index (χ1) is 14.3. The van der Waals surface area contributed by atoms with E-state index in [4.69, 9.17) is 0 Å². The molecule has 0 spiro atoms. The van der Waals surface area contributed by atoms with E-state index in [2.05, 4.69) is 20.6 Å². The molecule has 1 aliphatic carbocycles. The summed E-state index contributed by atoms with van der Waals surface area (Å²) in [5, 5.41) is 6.23. The molecule has 0 radical (unpaired) electrons. The topological polar surface area (TPSA) is 70.2 Å². The Morgan fingerprint density at radius 2 is 1.63 bits per heavy atom. The number of aromatic nitrogens is 2. The summed E-state index contributed by atoms with van der Waals surface area (Å²) < 4.78 is 39.8. The van der Waals surface area contributed by atoms with E-state index in [1.165, 1.54) is 0 Å². The lowest BCUT2D eigenvalue weighted by Gasteiger charge is -2.30. The molecular formula is C21H26F3N5O. The second-order valence-corrected chi connectivity index (χ2v) is 7.70. The maximum absolute atomic E-state index is 13.4. The minimum Gasteiger partial charge on any atom is -0.367 e. The van der Waals surface area contributed by atoms with E-state index in [1.807, 2.05) is 32.0 Å². The van der Waals surface area contributed by atoms with Crippen LogP contribution in [0.4, 0.5) is 24.8 Å². The summed E-state index contributed by atoms with van der Waals surface area (Å²) in [6, 6.07) is 3.42. The van der Waals surface area contributed by atoms with Gasteiger partial charge in [0.25, 0.3) is 5.91 Å². The molecule has 1 amide bonds. The fourth-order valence-corrected chi connectivity index (χ4v) is 3.49. The van der Waals surface area contributed by atoms with Gasteiger partial charge in [0.2, 0.25) is 0 Å². The highest BCUT2D eigenvalue weighted by Gasteiger charge is 2.24. The van der Waals surface area contributed by atoms with Crippen LogP contribution in [0.2, 0.25) is 0 Å². The molecule has 0 atom stereocenters. The lowest BCUT2D eigenvalue weighted by atomic mass is 9.91. The van der Waals surface area contributed by atoms with Crippen LogP contribution in [-0.4, -0.2) is 42.1 Å². The molecule has 3 rings (SSSR count). The molecule has 1 saturated carbocycles. The van der Waals surface area contributed by atoms with Crippen molar-refractivity contribution in [2.24, 2.45) is 0 Å². The van der Waals surface area contributed by atoms with Crippen molar-refractivity contribution in [3.05, 3.63) is 47.0 Å². The van der Waals surface area contributed by atoms with Gasteiger partial charge in [0.1, 0.15) is 17.5 Å². The van der Waals surface area contributed by atoms with Crippen molar-refractivity contribution in [1.29, 1.82) is 0 Å². The maximum Gasteiger partial charge on any atom is 0.251 e. The highest BCUT2D eigenvalue weighted by atomic mass is 19.2. The Hall–Kier alpha value is -2.84. The van der Waals surface area contributed by atoms with Gasteiger partial charge in [0.15, 0.2) is 17.5 Å². The van der Waals surface area contributed by atoms with Crippen LogP contribution in [0.5, 0.6) is 0 Å². The summed E-state index contributed by atoms with van der Waals surface area (Å²) in [6.07, 6.45) is 3.77. The largest absolute Gasteiger partial charge is 0.367 e. The molecule has 1 aromatic carbocycles. The molecule has 9 heteroatoms. The van der Waals surface area contributed by atoms with E-state index in [9.17, 15) is 18.0 Å². The molecule has 0 unspecified atom stereocenters. The third kappa shape index (κ3) is 5.20. The zero-order valence-corrected chi connectivity index (χ0v) is 17.3. The summed E-state index contributed by atoms with van der Waals surface area (Å²) in [5.74, 6) is -2.56. The normalized spacial score (nSPS) is 18.7. The van der Waals surface area contributed by atoms with Gasteiger partial charge in [-0.15, -0.1) is 0 Å². The van der Waals surface area contributed by atoms with Crippen molar-refractivity contribution in [3.63, 3.8) is 0 Å². The Morgan fingerprint density at radius 3 is 2.20 bits per heavy atom. The monoisotopic (exact) mass is 421 g/mol. The van der Waals surface area contributed by atoms with Crippen LogP contribution < -0.4 is 15.5 Å². The molecule has 1 aliphatic rings. The van der Waals surface area contributed by atoms with Crippen molar-refractivity contribution in [3.8, 4) is 0 Å². The van der Waals surface area contributed by atoms with Gasteiger partial charge in [-0.2, -0.15) is 0 Å². The summed E-state index contributed by atoms with van der Waals surface area (Å²) in [5.41, 5.74) is -0.226. The third-order valence-corrected chi connectivity index (χ3v) is 5.19. The second kappa shape index (κ2) is 9.32. The van der Waals surface area contributed by atoms with E-state index < -0.39 is 23.4 Å². The van der Waals surface area contributed by atoms with Gasteiger partial charge in [-0.3, -0.25) is 4.79 Å². The number of aryl methyl sites for hydroxylation is 1. The molecule has 0 bridgehead atoms. The molecule has 2 N–H and O–H groups in total. The van der Waals surface area contributed by atoms with Crippen molar-refractivity contribution in [2.75, 3.05) is 24.3 Å². The van der Waals surface area contributed by atoms with E-state index >= 15 is 0 Å².